The van der Waals surface area contributed by atoms with Crippen molar-refractivity contribution in [3.8, 4) is 0 Å². The molecule has 0 aliphatic heterocycles. The average molecular weight is 288 g/mol. The van der Waals surface area contributed by atoms with Gasteiger partial charge in [-0.25, -0.2) is 0 Å². The number of carbonyl (C=O) groups excluding carboxylic acids is 1. The molecule has 0 N–H and O–H groups in total. The molecule has 0 aliphatic rings. The molecule has 0 spiro atoms. The SMILES string of the molecule is O=C(Cn1cnc([N+](=O)[O-])n1)c1csc2ccccc12. The van der Waals surface area contributed by atoms with Gasteiger partial charge in [-0.05, 0) is 11.0 Å². The fourth-order valence-electron chi connectivity index (χ4n) is 1.87. The van der Waals surface area contributed by atoms with E-state index in [0.717, 1.165) is 10.1 Å². The minimum Gasteiger partial charge on any atom is -0.390 e. The summed E-state index contributed by atoms with van der Waals surface area (Å²) in [6.45, 7) is -0.0679. The molecule has 2 aromatic heterocycles. The van der Waals surface area contributed by atoms with Gasteiger partial charge in [-0.15, -0.1) is 11.3 Å². The van der Waals surface area contributed by atoms with Crippen molar-refractivity contribution in [1.29, 1.82) is 0 Å². The molecule has 1 aromatic carbocycles. The summed E-state index contributed by atoms with van der Waals surface area (Å²) >= 11 is 1.49. The Hall–Kier alpha value is -2.61. The fraction of sp³-hybridized carbons (Fsp3) is 0.0833. The van der Waals surface area contributed by atoms with Crippen LogP contribution in [-0.4, -0.2) is 25.5 Å². The molecule has 20 heavy (non-hydrogen) atoms. The van der Waals surface area contributed by atoms with Crippen LogP contribution in [0.5, 0.6) is 0 Å². The van der Waals surface area contributed by atoms with Crippen LogP contribution in [0.4, 0.5) is 5.95 Å². The summed E-state index contributed by atoms with van der Waals surface area (Å²) < 4.78 is 2.20. The lowest BCUT2D eigenvalue weighted by Crippen LogP contribution is -2.10. The van der Waals surface area contributed by atoms with Crippen molar-refractivity contribution >= 4 is 33.2 Å². The van der Waals surface area contributed by atoms with Crippen molar-refractivity contribution in [2.45, 2.75) is 6.54 Å². The minimum absolute atomic E-state index is 0.0679. The Morgan fingerprint density at radius 3 is 2.95 bits per heavy atom. The third kappa shape index (κ3) is 2.16. The molecule has 3 rings (SSSR count). The van der Waals surface area contributed by atoms with Gasteiger partial charge in [0.15, 0.2) is 5.78 Å². The Bertz CT molecular complexity index is 808. The normalized spacial score (nSPS) is 10.8. The Balaban J connectivity index is 1.87. The van der Waals surface area contributed by atoms with E-state index in [1.165, 1.54) is 22.3 Å². The van der Waals surface area contributed by atoms with Crippen LogP contribution in [0.15, 0.2) is 36.0 Å². The molecule has 7 nitrogen and oxygen atoms in total. The van der Waals surface area contributed by atoms with E-state index >= 15 is 0 Å². The van der Waals surface area contributed by atoms with Crippen LogP contribution in [0.1, 0.15) is 10.4 Å². The Labute approximate surface area is 116 Å². The van der Waals surface area contributed by atoms with Crippen LogP contribution < -0.4 is 0 Å². The zero-order chi connectivity index (χ0) is 14.1. The first-order chi connectivity index (χ1) is 9.65. The number of nitrogens with zero attached hydrogens (tertiary/aromatic N) is 4. The van der Waals surface area contributed by atoms with Gasteiger partial charge in [-0.3, -0.25) is 4.79 Å². The van der Waals surface area contributed by atoms with E-state index in [1.54, 1.807) is 5.38 Å². The average Bonchev–Trinajstić information content (AvgIpc) is 3.04. The first-order valence-electron chi connectivity index (χ1n) is 5.68. The number of hydrogen-bond donors (Lipinski definition) is 0. The van der Waals surface area contributed by atoms with Gasteiger partial charge in [0.2, 0.25) is 6.33 Å². The van der Waals surface area contributed by atoms with Gasteiger partial charge in [0.05, 0.1) is 0 Å². The van der Waals surface area contributed by atoms with Crippen LogP contribution in [0.3, 0.4) is 0 Å². The second-order valence-corrected chi connectivity index (χ2v) is 4.98. The molecule has 0 bridgehead atoms. The Morgan fingerprint density at radius 2 is 2.20 bits per heavy atom. The number of thiophene rings is 1. The number of aromatic nitrogens is 3. The van der Waals surface area contributed by atoms with Crippen LogP contribution in [0.25, 0.3) is 10.1 Å². The fourth-order valence-corrected chi connectivity index (χ4v) is 2.84. The van der Waals surface area contributed by atoms with Gasteiger partial charge in [0, 0.05) is 26.1 Å². The highest BCUT2D eigenvalue weighted by atomic mass is 32.1. The summed E-state index contributed by atoms with van der Waals surface area (Å²) in [5, 5.41) is 16.8. The molecule has 0 saturated carbocycles. The van der Waals surface area contributed by atoms with Crippen LogP contribution in [0.2, 0.25) is 0 Å². The Morgan fingerprint density at radius 1 is 1.40 bits per heavy atom. The molecule has 0 amide bonds. The lowest BCUT2D eigenvalue weighted by atomic mass is 10.1. The van der Waals surface area contributed by atoms with E-state index in [9.17, 15) is 14.9 Å². The molecular formula is C12H8N4O3S. The minimum atomic E-state index is -0.693. The second kappa shape index (κ2) is 4.82. The summed E-state index contributed by atoms with van der Waals surface area (Å²) in [4.78, 5) is 25.5. The quantitative estimate of drug-likeness (QED) is 0.417. The van der Waals surface area contributed by atoms with Crippen molar-refractivity contribution in [3.05, 3.63) is 51.7 Å². The number of nitro groups is 1. The Kier molecular flexibility index (Phi) is 2.99. The molecule has 0 atom stereocenters. The standard InChI is InChI=1S/C12H8N4O3S/c17-10(5-15-7-13-12(14-15)16(18)19)9-6-20-11-4-2-1-3-8(9)11/h1-4,6-7H,5H2. The van der Waals surface area contributed by atoms with Crippen molar-refractivity contribution in [2.75, 3.05) is 0 Å². The van der Waals surface area contributed by atoms with E-state index in [2.05, 4.69) is 10.1 Å². The van der Waals surface area contributed by atoms with Crippen molar-refractivity contribution in [3.63, 3.8) is 0 Å². The highest BCUT2D eigenvalue weighted by Crippen LogP contribution is 2.26. The summed E-state index contributed by atoms with van der Waals surface area (Å²) in [5.41, 5.74) is 0.601. The maximum atomic E-state index is 12.2. The number of ketones is 1. The van der Waals surface area contributed by atoms with Crippen molar-refractivity contribution in [2.24, 2.45) is 0 Å². The van der Waals surface area contributed by atoms with Crippen LogP contribution >= 0.6 is 11.3 Å². The summed E-state index contributed by atoms with van der Waals surface area (Å²) in [6.07, 6.45) is 1.19. The summed E-state index contributed by atoms with van der Waals surface area (Å²) in [5.74, 6) is -0.657. The number of carbonyl (C=O) groups is 1. The monoisotopic (exact) mass is 288 g/mol. The predicted octanol–water partition coefficient (Wildman–Crippen LogP) is 2.28. The molecule has 0 saturated heterocycles. The smallest absolute Gasteiger partial charge is 0.390 e. The molecule has 100 valence electrons. The molecular weight excluding hydrogens is 280 g/mol. The van der Waals surface area contributed by atoms with Crippen LogP contribution in [-0.2, 0) is 6.54 Å². The third-order valence-electron chi connectivity index (χ3n) is 2.77. The summed E-state index contributed by atoms with van der Waals surface area (Å²) in [7, 11) is 0. The highest BCUT2D eigenvalue weighted by Gasteiger charge is 2.18. The topological polar surface area (TPSA) is 90.9 Å². The van der Waals surface area contributed by atoms with Crippen LogP contribution in [0, 0.1) is 10.1 Å². The van der Waals surface area contributed by atoms with Gasteiger partial charge in [0.1, 0.15) is 6.54 Å². The second-order valence-electron chi connectivity index (χ2n) is 4.07. The lowest BCUT2D eigenvalue weighted by Gasteiger charge is -1.97. The first kappa shape index (κ1) is 12.4. The van der Waals surface area contributed by atoms with Gasteiger partial charge < -0.3 is 10.1 Å². The van der Waals surface area contributed by atoms with Crippen molar-refractivity contribution < 1.29 is 9.72 Å². The van der Waals surface area contributed by atoms with E-state index in [0.29, 0.717) is 5.56 Å². The summed E-state index contributed by atoms with van der Waals surface area (Å²) in [6, 6.07) is 7.60. The molecule has 0 radical (unpaired) electrons. The highest BCUT2D eigenvalue weighted by molar-refractivity contribution is 7.17. The van der Waals surface area contributed by atoms with Crippen molar-refractivity contribution in [1.82, 2.24) is 14.8 Å². The van der Waals surface area contributed by atoms with Gasteiger partial charge >= 0.3 is 5.95 Å². The zero-order valence-corrected chi connectivity index (χ0v) is 10.9. The van der Waals surface area contributed by atoms with E-state index in [-0.39, 0.29) is 12.3 Å². The number of hydrogen-bond acceptors (Lipinski definition) is 6. The molecule has 0 unspecified atom stereocenters. The number of Topliss-reactive ketones (excluding diaryl/α,β-unsaturated/α-hetero) is 1. The molecule has 3 aromatic rings. The number of rotatable bonds is 4. The largest absolute Gasteiger partial charge is 0.490 e. The van der Waals surface area contributed by atoms with Gasteiger partial charge in [-0.2, -0.15) is 4.68 Å². The van der Waals surface area contributed by atoms with E-state index in [1.807, 2.05) is 24.3 Å². The lowest BCUT2D eigenvalue weighted by molar-refractivity contribution is -0.394. The maximum absolute atomic E-state index is 12.2. The number of fused-ring (bicyclic) bond motifs is 1. The number of benzene rings is 1. The van der Waals surface area contributed by atoms with Gasteiger partial charge in [0.25, 0.3) is 0 Å². The predicted molar refractivity (Wildman–Crippen MR) is 72.8 cm³/mol. The first-order valence-corrected chi connectivity index (χ1v) is 6.56. The van der Waals surface area contributed by atoms with E-state index in [4.69, 9.17) is 0 Å². The molecule has 0 aliphatic carbocycles. The zero-order valence-electron chi connectivity index (χ0n) is 10.1. The molecule has 8 heteroatoms. The maximum Gasteiger partial charge on any atom is 0.490 e. The van der Waals surface area contributed by atoms with E-state index < -0.39 is 10.9 Å². The van der Waals surface area contributed by atoms with Gasteiger partial charge in [-0.1, -0.05) is 23.2 Å². The molecule has 2 heterocycles. The third-order valence-corrected chi connectivity index (χ3v) is 3.74. The molecule has 0 fully saturated rings.